The Hall–Kier alpha value is -2.20. The summed E-state index contributed by atoms with van der Waals surface area (Å²) in [6, 6.07) is 12.6. The number of carbonyl (C=O) groups is 1. The molecule has 0 amide bonds. The summed E-state index contributed by atoms with van der Waals surface area (Å²) in [5.74, 6) is -0.534. The Bertz CT molecular complexity index is 670. The second-order valence-electron chi connectivity index (χ2n) is 5.05. The van der Waals surface area contributed by atoms with E-state index in [9.17, 15) is 9.90 Å². The summed E-state index contributed by atoms with van der Waals surface area (Å²) in [6.45, 7) is 2.33. The highest BCUT2D eigenvalue weighted by atomic mass is 35.5. The molecule has 0 aromatic heterocycles. The van der Waals surface area contributed by atoms with E-state index in [1.54, 1.807) is 12.1 Å². The molecule has 0 aliphatic rings. The van der Waals surface area contributed by atoms with Crippen LogP contribution in [0.1, 0.15) is 24.0 Å². The summed E-state index contributed by atoms with van der Waals surface area (Å²) in [7, 11) is 1.53. The largest absolute Gasteiger partial charge is 0.493 e. The third kappa shape index (κ3) is 4.17. The molecule has 0 aliphatic heterocycles. The molecule has 4 nitrogen and oxygen atoms in total. The summed E-state index contributed by atoms with van der Waals surface area (Å²) < 4.78 is 10.8. The van der Waals surface area contributed by atoms with Crippen LogP contribution in [0.15, 0.2) is 42.5 Å². The van der Waals surface area contributed by atoms with Gasteiger partial charge in [-0.2, -0.15) is 0 Å². The lowest BCUT2D eigenvalue weighted by atomic mass is 9.92. The Morgan fingerprint density at radius 3 is 2.52 bits per heavy atom. The molecule has 1 N–H and O–H groups in total. The zero-order valence-electron chi connectivity index (χ0n) is 13.1. The molecule has 0 fully saturated rings. The number of carboxylic acid groups (broad SMARTS) is 1. The Balaban J connectivity index is 2.34. The molecule has 2 rings (SSSR count). The number of methoxy groups -OCH3 is 1. The number of halogens is 1. The van der Waals surface area contributed by atoms with Gasteiger partial charge in [-0.05, 0) is 36.6 Å². The van der Waals surface area contributed by atoms with Crippen LogP contribution in [0.3, 0.4) is 0 Å². The summed E-state index contributed by atoms with van der Waals surface area (Å²) in [6.07, 6.45) is 0.321. The van der Waals surface area contributed by atoms with E-state index in [4.69, 9.17) is 21.1 Å². The van der Waals surface area contributed by atoms with Gasteiger partial charge in [-0.3, -0.25) is 4.79 Å². The molecule has 2 aromatic carbocycles. The van der Waals surface area contributed by atoms with Gasteiger partial charge in [-0.15, -0.1) is 0 Å². The lowest BCUT2D eigenvalue weighted by Gasteiger charge is -2.16. The van der Waals surface area contributed by atoms with Crippen LogP contribution in [0.25, 0.3) is 0 Å². The number of benzene rings is 2. The van der Waals surface area contributed by atoms with Crippen LogP contribution in [-0.4, -0.2) is 24.8 Å². The highest BCUT2D eigenvalue weighted by molar-refractivity contribution is 6.32. The highest BCUT2D eigenvalue weighted by Crippen LogP contribution is 2.37. The van der Waals surface area contributed by atoms with Crippen molar-refractivity contribution >= 4 is 17.6 Å². The molecule has 0 spiro atoms. The topological polar surface area (TPSA) is 55.8 Å². The summed E-state index contributed by atoms with van der Waals surface area (Å²) in [5, 5.41) is 9.95. The molecule has 122 valence electrons. The minimum atomic E-state index is -0.875. The molecule has 0 aliphatic carbocycles. The summed E-state index contributed by atoms with van der Waals surface area (Å²) in [5.41, 5.74) is 1.54. The third-order valence-corrected chi connectivity index (χ3v) is 3.80. The van der Waals surface area contributed by atoms with Crippen molar-refractivity contribution in [3.63, 3.8) is 0 Å². The first kappa shape index (κ1) is 17.2. The van der Waals surface area contributed by atoms with Crippen molar-refractivity contribution in [1.82, 2.24) is 0 Å². The first-order valence-corrected chi connectivity index (χ1v) is 7.71. The van der Waals surface area contributed by atoms with Crippen molar-refractivity contribution in [3.05, 3.63) is 58.6 Å². The fourth-order valence-electron chi connectivity index (χ4n) is 2.44. The maximum absolute atomic E-state index is 11.6. The minimum absolute atomic E-state index is 0.321. The van der Waals surface area contributed by atoms with Gasteiger partial charge < -0.3 is 14.6 Å². The minimum Gasteiger partial charge on any atom is -0.493 e. The molecule has 0 saturated carbocycles. The summed E-state index contributed by atoms with van der Waals surface area (Å²) >= 11 is 6.25. The molecule has 0 heterocycles. The number of ether oxygens (including phenoxy) is 2. The molecule has 0 radical (unpaired) electrons. The quantitative estimate of drug-likeness (QED) is 0.826. The van der Waals surface area contributed by atoms with Crippen LogP contribution in [0.4, 0.5) is 0 Å². The van der Waals surface area contributed by atoms with E-state index in [2.05, 4.69) is 0 Å². The molecular weight excluding hydrogens is 316 g/mol. The van der Waals surface area contributed by atoms with Gasteiger partial charge in [0.2, 0.25) is 0 Å². The van der Waals surface area contributed by atoms with Gasteiger partial charge in [0.25, 0.3) is 0 Å². The van der Waals surface area contributed by atoms with Crippen LogP contribution in [0, 0.1) is 0 Å². The number of aliphatic carboxylic acids is 1. The maximum atomic E-state index is 11.6. The smallest absolute Gasteiger partial charge is 0.311 e. The van der Waals surface area contributed by atoms with Gasteiger partial charge in [0.15, 0.2) is 11.5 Å². The molecule has 2 aromatic rings. The molecule has 1 atom stereocenters. The SMILES string of the molecule is CCOc1c(Cl)cc(CC(C(=O)O)c2ccccc2)cc1OC. The Morgan fingerprint density at radius 2 is 1.96 bits per heavy atom. The number of hydrogen-bond donors (Lipinski definition) is 1. The lowest BCUT2D eigenvalue weighted by Crippen LogP contribution is -2.14. The van der Waals surface area contributed by atoms with E-state index < -0.39 is 11.9 Å². The number of carboxylic acids is 1. The van der Waals surface area contributed by atoms with Gasteiger partial charge in [-0.1, -0.05) is 41.9 Å². The van der Waals surface area contributed by atoms with E-state index >= 15 is 0 Å². The molecule has 0 saturated heterocycles. The van der Waals surface area contributed by atoms with Gasteiger partial charge >= 0.3 is 5.97 Å². The van der Waals surface area contributed by atoms with Crippen molar-refractivity contribution in [2.24, 2.45) is 0 Å². The van der Waals surface area contributed by atoms with Crippen molar-refractivity contribution in [1.29, 1.82) is 0 Å². The van der Waals surface area contributed by atoms with Crippen molar-refractivity contribution in [2.75, 3.05) is 13.7 Å². The number of rotatable bonds is 7. The van der Waals surface area contributed by atoms with E-state index in [0.717, 1.165) is 11.1 Å². The number of hydrogen-bond acceptors (Lipinski definition) is 3. The van der Waals surface area contributed by atoms with Crippen molar-refractivity contribution in [2.45, 2.75) is 19.3 Å². The Morgan fingerprint density at radius 1 is 1.26 bits per heavy atom. The van der Waals surface area contributed by atoms with Crippen LogP contribution in [0.2, 0.25) is 5.02 Å². The van der Waals surface area contributed by atoms with Crippen LogP contribution in [-0.2, 0) is 11.2 Å². The maximum Gasteiger partial charge on any atom is 0.311 e. The second kappa shape index (κ2) is 7.88. The molecule has 0 bridgehead atoms. The Kier molecular flexibility index (Phi) is 5.88. The average Bonchev–Trinajstić information content (AvgIpc) is 2.55. The Labute approximate surface area is 140 Å². The van der Waals surface area contributed by atoms with E-state index in [1.807, 2.05) is 37.3 Å². The third-order valence-electron chi connectivity index (χ3n) is 3.52. The van der Waals surface area contributed by atoms with Crippen molar-refractivity contribution < 1.29 is 19.4 Å². The zero-order valence-corrected chi connectivity index (χ0v) is 13.8. The summed E-state index contributed by atoms with van der Waals surface area (Å²) in [4.78, 5) is 11.6. The normalized spacial score (nSPS) is 11.8. The van der Waals surface area contributed by atoms with E-state index in [0.29, 0.717) is 29.5 Å². The standard InChI is InChI=1S/C18H19ClO4/c1-3-23-17-15(19)10-12(11-16(17)22-2)9-14(18(20)21)13-7-5-4-6-8-13/h4-8,10-11,14H,3,9H2,1-2H3,(H,20,21). The lowest BCUT2D eigenvalue weighted by molar-refractivity contribution is -0.138. The molecule has 1 unspecified atom stereocenters. The predicted octanol–water partition coefficient (Wildman–Crippen LogP) is 4.16. The van der Waals surface area contributed by atoms with E-state index in [-0.39, 0.29) is 0 Å². The van der Waals surface area contributed by atoms with Crippen LogP contribution in [0.5, 0.6) is 11.5 Å². The average molecular weight is 335 g/mol. The fraction of sp³-hybridized carbons (Fsp3) is 0.278. The fourth-order valence-corrected chi connectivity index (χ4v) is 2.73. The van der Waals surface area contributed by atoms with Gasteiger partial charge in [0, 0.05) is 0 Å². The zero-order chi connectivity index (χ0) is 16.8. The van der Waals surface area contributed by atoms with Crippen molar-refractivity contribution in [3.8, 4) is 11.5 Å². The molecular formula is C18H19ClO4. The molecule has 5 heteroatoms. The first-order chi connectivity index (χ1) is 11.1. The van der Waals surface area contributed by atoms with Gasteiger partial charge in [0.05, 0.1) is 24.7 Å². The van der Waals surface area contributed by atoms with Crippen LogP contribution >= 0.6 is 11.6 Å². The van der Waals surface area contributed by atoms with Gasteiger partial charge in [0.1, 0.15) is 0 Å². The second-order valence-corrected chi connectivity index (χ2v) is 5.45. The van der Waals surface area contributed by atoms with Gasteiger partial charge in [-0.25, -0.2) is 0 Å². The monoisotopic (exact) mass is 334 g/mol. The highest BCUT2D eigenvalue weighted by Gasteiger charge is 2.22. The predicted molar refractivity (Wildman–Crippen MR) is 89.7 cm³/mol. The first-order valence-electron chi connectivity index (χ1n) is 7.33. The van der Waals surface area contributed by atoms with Crippen LogP contribution < -0.4 is 9.47 Å². The van der Waals surface area contributed by atoms with E-state index in [1.165, 1.54) is 7.11 Å². The molecule has 23 heavy (non-hydrogen) atoms.